The predicted octanol–water partition coefficient (Wildman–Crippen LogP) is 7.51. The van der Waals surface area contributed by atoms with Gasteiger partial charge in [-0.1, -0.05) is 109 Å². The van der Waals surface area contributed by atoms with E-state index in [0.29, 0.717) is 0 Å². The van der Waals surface area contributed by atoms with Crippen LogP contribution >= 0.6 is 0 Å². The second-order valence-corrected chi connectivity index (χ2v) is 30.2. The molecular formula is C21H44Si4. The molecule has 0 rings (SSSR count). The number of hydrogen-bond acceptors (Lipinski definition) is 0. The third-order valence-corrected chi connectivity index (χ3v) is 22.8. The summed E-state index contributed by atoms with van der Waals surface area (Å²) in [5.41, 5.74) is 7.83. The number of hydrogen-bond donors (Lipinski definition) is 0. The minimum atomic E-state index is -1.49. The average molecular weight is 409 g/mol. The lowest BCUT2D eigenvalue weighted by Gasteiger charge is -2.34. The molecule has 0 fully saturated rings. The van der Waals surface area contributed by atoms with E-state index in [2.05, 4.69) is 97.3 Å². The summed E-state index contributed by atoms with van der Waals surface area (Å²) in [5, 5.41) is 1.42. The van der Waals surface area contributed by atoms with Crippen LogP contribution in [0.2, 0.25) is 76.6 Å². The van der Waals surface area contributed by atoms with Gasteiger partial charge in [-0.3, -0.25) is 0 Å². The average Bonchev–Trinajstić information content (AvgIpc) is 2.53. The molecule has 0 N–H and O–H groups in total. The van der Waals surface area contributed by atoms with Crippen LogP contribution in [0.3, 0.4) is 0 Å². The Kier molecular flexibility index (Phi) is 9.22. The standard InChI is InChI=1S/C21H44Si4/c1-13-22(5,6)18-17-20(23(7,8)14-2)19-21(24(9,10)15-3)25(11,12)16-4/h13-16H2,1-12H3. The number of rotatable bonds is 7. The lowest BCUT2D eigenvalue weighted by Crippen LogP contribution is -2.43. The Bertz CT molecular complexity index is 559. The highest BCUT2D eigenvalue weighted by molar-refractivity contribution is 7.05. The topological polar surface area (TPSA) is 0 Å². The summed E-state index contributed by atoms with van der Waals surface area (Å²) in [6.45, 7) is 29.4. The van der Waals surface area contributed by atoms with Crippen LogP contribution in [0.25, 0.3) is 0 Å². The van der Waals surface area contributed by atoms with Crippen LogP contribution in [-0.4, -0.2) is 32.3 Å². The highest BCUT2D eigenvalue weighted by Gasteiger charge is 2.36. The van der Waals surface area contributed by atoms with Crippen LogP contribution in [0.1, 0.15) is 27.7 Å². The first kappa shape index (κ1) is 24.9. The maximum Gasteiger partial charge on any atom is 0.132 e. The van der Waals surface area contributed by atoms with Crippen molar-refractivity contribution < 1.29 is 0 Å². The summed E-state index contributed by atoms with van der Waals surface area (Å²) >= 11 is 0. The van der Waals surface area contributed by atoms with E-state index in [-0.39, 0.29) is 0 Å². The summed E-state index contributed by atoms with van der Waals surface area (Å²) in [6, 6.07) is 5.13. The highest BCUT2D eigenvalue weighted by Crippen LogP contribution is 2.31. The van der Waals surface area contributed by atoms with E-state index in [4.69, 9.17) is 0 Å². The molecule has 0 atom stereocenters. The van der Waals surface area contributed by atoms with Gasteiger partial charge in [0.15, 0.2) is 0 Å². The van der Waals surface area contributed by atoms with Crippen LogP contribution in [0.15, 0.2) is 15.7 Å². The second kappa shape index (κ2) is 9.24. The lowest BCUT2D eigenvalue weighted by molar-refractivity contribution is 1.32. The minimum Gasteiger partial charge on any atom is -0.127 e. The van der Waals surface area contributed by atoms with Gasteiger partial charge in [0.05, 0.1) is 16.1 Å². The summed E-state index contributed by atoms with van der Waals surface area (Å²) in [4.78, 5) is 1.75. The quantitative estimate of drug-likeness (QED) is 0.232. The van der Waals surface area contributed by atoms with E-state index in [9.17, 15) is 0 Å². The van der Waals surface area contributed by atoms with Crippen LogP contribution in [0, 0.1) is 11.5 Å². The molecule has 0 unspecified atom stereocenters. The molecule has 144 valence electrons. The first-order valence-corrected chi connectivity index (χ1v) is 23.1. The van der Waals surface area contributed by atoms with Crippen LogP contribution in [0.5, 0.6) is 0 Å². The lowest BCUT2D eigenvalue weighted by atomic mass is 10.6. The van der Waals surface area contributed by atoms with E-state index in [1.165, 1.54) is 29.4 Å². The zero-order valence-electron chi connectivity index (χ0n) is 19.3. The second-order valence-electron chi connectivity index (χ2n) is 10.1. The summed E-state index contributed by atoms with van der Waals surface area (Å²) < 4.78 is 0. The zero-order chi connectivity index (χ0) is 20.1. The fourth-order valence-electron chi connectivity index (χ4n) is 2.60. The van der Waals surface area contributed by atoms with E-state index in [1.54, 1.807) is 4.82 Å². The van der Waals surface area contributed by atoms with Crippen molar-refractivity contribution in [3.8, 4) is 11.5 Å². The minimum absolute atomic E-state index is 1.24. The van der Waals surface area contributed by atoms with E-state index < -0.39 is 32.3 Å². The molecule has 0 aliphatic heterocycles. The molecule has 25 heavy (non-hydrogen) atoms. The van der Waals surface area contributed by atoms with Crippen LogP contribution in [0.4, 0.5) is 0 Å². The molecule has 0 aliphatic carbocycles. The van der Waals surface area contributed by atoms with Crippen molar-refractivity contribution in [3.63, 3.8) is 0 Å². The Hall–Kier alpha value is -0.0525. The van der Waals surface area contributed by atoms with Gasteiger partial charge in [-0.2, -0.15) is 0 Å². The van der Waals surface area contributed by atoms with E-state index in [1.807, 2.05) is 0 Å². The van der Waals surface area contributed by atoms with Gasteiger partial charge in [0.1, 0.15) is 16.1 Å². The van der Waals surface area contributed by atoms with Crippen molar-refractivity contribution in [1.82, 2.24) is 0 Å². The molecule has 0 amide bonds. The van der Waals surface area contributed by atoms with Crippen molar-refractivity contribution in [3.05, 3.63) is 15.7 Å². The van der Waals surface area contributed by atoms with Crippen molar-refractivity contribution in [1.29, 1.82) is 0 Å². The van der Waals surface area contributed by atoms with Crippen molar-refractivity contribution in [2.45, 2.75) is 104 Å². The van der Waals surface area contributed by atoms with Gasteiger partial charge in [0.2, 0.25) is 0 Å². The molecule has 0 aliphatic rings. The zero-order valence-corrected chi connectivity index (χ0v) is 23.3. The Labute approximate surface area is 163 Å². The molecule has 0 spiro atoms. The first-order chi connectivity index (χ1) is 11.2. The summed E-state index contributed by atoms with van der Waals surface area (Å²) in [5.74, 6) is 3.73. The molecule has 0 bridgehead atoms. The van der Waals surface area contributed by atoms with Gasteiger partial charge in [-0.15, -0.1) is 11.3 Å². The van der Waals surface area contributed by atoms with E-state index >= 15 is 0 Å². The molecule has 0 aromatic rings. The third kappa shape index (κ3) is 7.23. The highest BCUT2D eigenvalue weighted by atomic mass is 28.4. The van der Waals surface area contributed by atoms with E-state index in [0.717, 1.165) is 0 Å². The Morgan fingerprint density at radius 3 is 1.32 bits per heavy atom. The van der Waals surface area contributed by atoms with Crippen molar-refractivity contribution in [2.24, 2.45) is 0 Å². The van der Waals surface area contributed by atoms with Gasteiger partial charge < -0.3 is 0 Å². The Morgan fingerprint density at radius 1 is 0.600 bits per heavy atom. The van der Waals surface area contributed by atoms with Crippen LogP contribution in [-0.2, 0) is 0 Å². The molecule has 0 nitrogen and oxygen atoms in total. The monoisotopic (exact) mass is 408 g/mol. The molecule has 0 radical (unpaired) electrons. The first-order valence-electron chi connectivity index (χ1n) is 10.2. The van der Waals surface area contributed by atoms with Gasteiger partial charge in [0.25, 0.3) is 0 Å². The molecule has 0 heterocycles. The maximum absolute atomic E-state index is 4.09. The van der Waals surface area contributed by atoms with Gasteiger partial charge in [-0.25, -0.2) is 0 Å². The Balaban J connectivity index is 6.85. The Morgan fingerprint density at radius 2 is 1.00 bits per heavy atom. The molecule has 0 saturated heterocycles. The van der Waals surface area contributed by atoms with Crippen LogP contribution < -0.4 is 0 Å². The fraction of sp³-hybridized carbons (Fsp3) is 0.762. The number of allylic oxidation sites excluding steroid dienone is 1. The molecule has 0 saturated carbocycles. The molecule has 0 aromatic carbocycles. The molecule has 0 aromatic heterocycles. The van der Waals surface area contributed by atoms with Gasteiger partial charge >= 0.3 is 0 Å². The smallest absolute Gasteiger partial charge is 0.127 e. The van der Waals surface area contributed by atoms with Crippen molar-refractivity contribution in [2.75, 3.05) is 0 Å². The molecule has 4 heteroatoms. The van der Waals surface area contributed by atoms with Gasteiger partial charge in [-0.05, 0) is 6.04 Å². The summed E-state index contributed by atoms with van der Waals surface area (Å²) in [6.07, 6.45) is 0. The molecular weight excluding hydrogens is 365 g/mol. The van der Waals surface area contributed by atoms with Gasteiger partial charge in [0, 0.05) is 5.20 Å². The predicted molar refractivity (Wildman–Crippen MR) is 130 cm³/mol. The van der Waals surface area contributed by atoms with Crippen molar-refractivity contribution >= 4 is 32.3 Å². The SMILES string of the molecule is CC[Si](C)(C)C#CC(=C=C([Si](C)(C)CC)[Si](C)(C)CC)[Si](C)(C)CC. The third-order valence-electron chi connectivity index (χ3n) is 6.34. The maximum atomic E-state index is 4.09. The normalized spacial score (nSPS) is 13.0. The summed E-state index contributed by atoms with van der Waals surface area (Å²) in [7, 11) is -5.64. The fourth-order valence-corrected chi connectivity index (χ4v) is 14.9. The largest absolute Gasteiger partial charge is 0.132 e.